The molecule has 0 fully saturated rings. The molecule has 0 saturated heterocycles. The number of rotatable bonds is 8. The van der Waals surface area contributed by atoms with E-state index < -0.39 is 12.3 Å². The summed E-state index contributed by atoms with van der Waals surface area (Å²) in [6, 6.07) is 16.6. The Hall–Kier alpha value is -3.94. The first-order valence-electron chi connectivity index (χ1n) is 11.2. The molecule has 2 aromatic carbocycles. The summed E-state index contributed by atoms with van der Waals surface area (Å²) in [7, 11) is 3.37. The van der Waals surface area contributed by atoms with Crippen LogP contribution >= 0.6 is 0 Å². The number of amides is 2. The molecule has 0 saturated carbocycles. The van der Waals surface area contributed by atoms with Gasteiger partial charge < -0.3 is 29.0 Å². The second-order valence-corrected chi connectivity index (χ2v) is 8.24. The number of furan rings is 1. The van der Waals surface area contributed by atoms with E-state index in [0.717, 1.165) is 11.3 Å². The molecule has 4 rings (SSSR count). The highest BCUT2D eigenvalue weighted by Crippen LogP contribution is 2.38. The predicted molar refractivity (Wildman–Crippen MR) is 128 cm³/mol. The number of nitrogens with one attached hydrogen (secondary N) is 1. The minimum absolute atomic E-state index is 0.0979. The summed E-state index contributed by atoms with van der Waals surface area (Å²) in [5.74, 6) is 1.41. The first-order valence-corrected chi connectivity index (χ1v) is 11.2. The van der Waals surface area contributed by atoms with Gasteiger partial charge in [0, 0.05) is 19.8 Å². The summed E-state index contributed by atoms with van der Waals surface area (Å²) in [4.78, 5) is 28.9. The van der Waals surface area contributed by atoms with E-state index in [0.29, 0.717) is 36.0 Å². The molecule has 8 nitrogen and oxygen atoms in total. The molecule has 2 amide bonds. The Morgan fingerprint density at radius 1 is 1.15 bits per heavy atom. The van der Waals surface area contributed by atoms with Gasteiger partial charge in [-0.1, -0.05) is 18.2 Å². The molecule has 2 heterocycles. The van der Waals surface area contributed by atoms with Crippen LogP contribution in [-0.4, -0.2) is 48.4 Å². The number of ether oxygens (including phenoxy) is 2. The Kier molecular flexibility index (Phi) is 6.77. The fourth-order valence-electron chi connectivity index (χ4n) is 3.95. The quantitative estimate of drug-likeness (QED) is 0.536. The Balaban J connectivity index is 1.69. The molecule has 2 atom stereocenters. The molecule has 0 radical (unpaired) electrons. The summed E-state index contributed by atoms with van der Waals surface area (Å²) in [6.45, 7) is 4.31. The third kappa shape index (κ3) is 4.71. The second-order valence-electron chi connectivity index (χ2n) is 8.24. The number of hydrogen-bond acceptors (Lipinski definition) is 6. The van der Waals surface area contributed by atoms with Crippen LogP contribution in [0.15, 0.2) is 65.3 Å². The number of para-hydroxylation sites is 1. The molecule has 3 aromatic rings. The maximum atomic E-state index is 13.4. The van der Waals surface area contributed by atoms with Crippen molar-refractivity contribution in [3.05, 3.63) is 77.7 Å². The predicted octanol–water partition coefficient (Wildman–Crippen LogP) is 4.30. The van der Waals surface area contributed by atoms with Gasteiger partial charge in [-0.05, 0) is 55.8 Å². The van der Waals surface area contributed by atoms with E-state index in [2.05, 4.69) is 5.32 Å². The van der Waals surface area contributed by atoms with Gasteiger partial charge in [0.05, 0.1) is 25.0 Å². The van der Waals surface area contributed by atoms with Crippen molar-refractivity contribution in [1.82, 2.24) is 9.80 Å². The second kappa shape index (κ2) is 9.91. The van der Waals surface area contributed by atoms with Crippen LogP contribution in [-0.2, 0) is 11.3 Å². The van der Waals surface area contributed by atoms with Gasteiger partial charge in [-0.2, -0.15) is 0 Å². The average Bonchev–Trinajstić information content (AvgIpc) is 3.34. The van der Waals surface area contributed by atoms with E-state index in [9.17, 15) is 9.59 Å². The molecule has 0 bridgehead atoms. The zero-order valence-corrected chi connectivity index (χ0v) is 19.8. The van der Waals surface area contributed by atoms with Crippen molar-refractivity contribution in [3.8, 4) is 11.5 Å². The van der Waals surface area contributed by atoms with Crippen molar-refractivity contribution >= 4 is 17.5 Å². The average molecular weight is 464 g/mol. The molecule has 0 spiro atoms. The summed E-state index contributed by atoms with van der Waals surface area (Å²) >= 11 is 0. The molecule has 1 N–H and O–H groups in total. The Morgan fingerprint density at radius 3 is 2.65 bits per heavy atom. The maximum Gasteiger partial charge on any atom is 0.262 e. The van der Waals surface area contributed by atoms with Crippen LogP contribution in [0.4, 0.5) is 5.69 Å². The monoisotopic (exact) mass is 463 g/mol. The lowest BCUT2D eigenvalue weighted by atomic mass is 10.0. The zero-order valence-electron chi connectivity index (χ0n) is 19.8. The van der Waals surface area contributed by atoms with Crippen LogP contribution in [0.5, 0.6) is 11.5 Å². The van der Waals surface area contributed by atoms with Crippen molar-refractivity contribution in [1.29, 1.82) is 0 Å². The van der Waals surface area contributed by atoms with Crippen LogP contribution in [0.2, 0.25) is 0 Å². The largest absolute Gasteiger partial charge is 0.490 e. The maximum absolute atomic E-state index is 13.4. The van der Waals surface area contributed by atoms with Gasteiger partial charge in [0.2, 0.25) is 0 Å². The van der Waals surface area contributed by atoms with E-state index in [1.807, 2.05) is 49.4 Å². The lowest BCUT2D eigenvalue weighted by molar-refractivity contribution is -0.135. The summed E-state index contributed by atoms with van der Waals surface area (Å²) in [6.07, 6.45) is 0.466. The highest BCUT2D eigenvalue weighted by molar-refractivity contribution is 6.01. The van der Waals surface area contributed by atoms with E-state index in [1.54, 1.807) is 44.3 Å². The van der Waals surface area contributed by atoms with Crippen LogP contribution in [0.25, 0.3) is 0 Å². The van der Waals surface area contributed by atoms with Crippen molar-refractivity contribution in [2.24, 2.45) is 0 Å². The molecular formula is C26H29N3O5. The van der Waals surface area contributed by atoms with Crippen molar-refractivity contribution in [2.45, 2.75) is 32.7 Å². The van der Waals surface area contributed by atoms with Gasteiger partial charge in [0.15, 0.2) is 17.6 Å². The fourth-order valence-corrected chi connectivity index (χ4v) is 3.95. The Bertz CT molecular complexity index is 1160. The van der Waals surface area contributed by atoms with Crippen molar-refractivity contribution < 1.29 is 23.5 Å². The van der Waals surface area contributed by atoms with Crippen molar-refractivity contribution in [2.75, 3.05) is 26.0 Å². The zero-order chi connectivity index (χ0) is 24.2. The van der Waals surface area contributed by atoms with Gasteiger partial charge in [-0.15, -0.1) is 0 Å². The number of nitrogens with zero attached hydrogens (tertiary/aromatic N) is 2. The first-order chi connectivity index (χ1) is 16.4. The van der Waals surface area contributed by atoms with Gasteiger partial charge in [0.25, 0.3) is 11.8 Å². The topological polar surface area (TPSA) is 84.2 Å². The van der Waals surface area contributed by atoms with Crippen LogP contribution in [0.1, 0.15) is 41.7 Å². The number of likely N-dealkylation sites (N-methyl/N-ethyl adjacent to an activating group) is 1. The lowest BCUT2D eigenvalue weighted by Gasteiger charge is -2.38. The molecule has 1 aliphatic heterocycles. The Morgan fingerprint density at radius 2 is 1.94 bits per heavy atom. The standard InChI is InChI=1S/C26H29N3O5/c1-5-32-23-15-18(12-13-22(23)34-17(2)25(30)28(3)4)24-27-21-11-7-6-10-20(21)26(31)29(24)16-19-9-8-14-33-19/h6-15,17,24,27H,5,16H2,1-4H3/t17-,24-/m0/s1. The summed E-state index contributed by atoms with van der Waals surface area (Å²) in [5.41, 5.74) is 2.18. The molecule has 178 valence electrons. The van der Waals surface area contributed by atoms with Crippen LogP contribution in [0, 0.1) is 0 Å². The third-order valence-corrected chi connectivity index (χ3v) is 5.60. The van der Waals surface area contributed by atoms with Gasteiger partial charge in [-0.25, -0.2) is 0 Å². The van der Waals surface area contributed by atoms with E-state index in [-0.39, 0.29) is 11.8 Å². The van der Waals surface area contributed by atoms with Gasteiger partial charge in [0.1, 0.15) is 11.9 Å². The lowest BCUT2D eigenvalue weighted by Crippen LogP contribution is -2.42. The normalized spacial score (nSPS) is 15.8. The number of hydrogen-bond donors (Lipinski definition) is 1. The minimum atomic E-state index is -0.670. The van der Waals surface area contributed by atoms with Crippen LogP contribution in [0.3, 0.4) is 0 Å². The fraction of sp³-hybridized carbons (Fsp3) is 0.308. The first kappa shape index (κ1) is 23.2. The highest BCUT2D eigenvalue weighted by Gasteiger charge is 2.34. The Labute approximate surface area is 199 Å². The molecule has 34 heavy (non-hydrogen) atoms. The van der Waals surface area contributed by atoms with Gasteiger partial charge in [-0.3, -0.25) is 9.59 Å². The molecule has 8 heteroatoms. The molecule has 1 aliphatic rings. The SMILES string of the molecule is CCOc1cc([C@H]2Nc3ccccc3C(=O)N2Cc2ccco2)ccc1O[C@@H](C)C(=O)N(C)C. The summed E-state index contributed by atoms with van der Waals surface area (Å²) in [5, 5.41) is 3.48. The van der Waals surface area contributed by atoms with E-state index >= 15 is 0 Å². The highest BCUT2D eigenvalue weighted by atomic mass is 16.5. The van der Waals surface area contributed by atoms with Crippen LogP contribution < -0.4 is 14.8 Å². The van der Waals surface area contributed by atoms with Crippen molar-refractivity contribution in [3.63, 3.8) is 0 Å². The number of carbonyl (C=O) groups is 2. The smallest absolute Gasteiger partial charge is 0.262 e. The molecule has 0 unspecified atom stereocenters. The molecule has 1 aromatic heterocycles. The van der Waals surface area contributed by atoms with E-state index in [1.165, 1.54) is 4.90 Å². The molecular weight excluding hydrogens is 434 g/mol. The third-order valence-electron chi connectivity index (χ3n) is 5.60. The van der Waals surface area contributed by atoms with E-state index in [4.69, 9.17) is 13.9 Å². The van der Waals surface area contributed by atoms with Gasteiger partial charge >= 0.3 is 0 Å². The summed E-state index contributed by atoms with van der Waals surface area (Å²) < 4.78 is 17.3. The number of carbonyl (C=O) groups excluding carboxylic acids is 2. The number of benzene rings is 2. The minimum Gasteiger partial charge on any atom is -0.490 e. The molecule has 0 aliphatic carbocycles. The number of anilines is 1. The number of fused-ring (bicyclic) bond motifs is 1.